The lowest BCUT2D eigenvalue weighted by atomic mass is 9.82. The number of benzene rings is 2. The number of halogens is 1. The van der Waals surface area contributed by atoms with E-state index < -0.39 is 11.7 Å². The molecule has 182 valence electrons. The zero-order valence-corrected chi connectivity index (χ0v) is 20.2. The number of fused-ring (bicyclic) bond motifs is 1. The first kappa shape index (κ1) is 25.7. The fraction of sp³-hybridized carbons (Fsp3) is 0.423. The summed E-state index contributed by atoms with van der Waals surface area (Å²) < 4.78 is 6.00. The van der Waals surface area contributed by atoms with Gasteiger partial charge in [0.05, 0.1) is 12.6 Å². The van der Waals surface area contributed by atoms with E-state index in [9.17, 15) is 14.7 Å². The van der Waals surface area contributed by atoms with E-state index >= 15 is 0 Å². The van der Waals surface area contributed by atoms with Gasteiger partial charge in [0.15, 0.2) is 11.5 Å². The van der Waals surface area contributed by atoms with Crippen LogP contribution < -0.4 is 10.5 Å². The van der Waals surface area contributed by atoms with Crippen molar-refractivity contribution in [2.45, 2.75) is 51.2 Å². The molecule has 0 amide bonds. The van der Waals surface area contributed by atoms with Crippen LogP contribution in [0.15, 0.2) is 47.6 Å². The predicted molar refractivity (Wildman–Crippen MR) is 134 cm³/mol. The number of aliphatic carboxylic acids is 1. The third-order valence-electron chi connectivity index (χ3n) is 6.63. The Morgan fingerprint density at radius 1 is 1.15 bits per heavy atom. The average Bonchev–Trinajstić information content (AvgIpc) is 2.83. The van der Waals surface area contributed by atoms with Crippen molar-refractivity contribution >= 4 is 30.4 Å². The third-order valence-corrected chi connectivity index (χ3v) is 6.63. The van der Waals surface area contributed by atoms with Crippen LogP contribution in [0.2, 0.25) is 0 Å². The summed E-state index contributed by atoms with van der Waals surface area (Å²) in [5.41, 5.74) is 8.24. The number of ketones is 1. The lowest BCUT2D eigenvalue weighted by Gasteiger charge is -2.41. The molecule has 34 heavy (non-hydrogen) atoms. The van der Waals surface area contributed by atoms with E-state index in [1.165, 1.54) is 19.3 Å². The molecule has 2 aromatic rings. The smallest absolute Gasteiger partial charge is 0.303 e. The second-order valence-corrected chi connectivity index (χ2v) is 8.94. The molecule has 1 fully saturated rings. The highest BCUT2D eigenvalue weighted by Gasteiger charge is 2.41. The van der Waals surface area contributed by atoms with Crippen molar-refractivity contribution in [3.63, 3.8) is 0 Å². The second kappa shape index (κ2) is 11.0. The molecule has 2 aliphatic heterocycles. The molecule has 0 aromatic heterocycles. The van der Waals surface area contributed by atoms with E-state index in [4.69, 9.17) is 10.5 Å². The molecule has 2 unspecified atom stereocenters. The number of carboxylic acids is 1. The number of piperidine rings is 1. The quantitative estimate of drug-likeness (QED) is 0.448. The number of nitrogens with zero attached hydrogens (tertiary/aromatic N) is 2. The fourth-order valence-corrected chi connectivity index (χ4v) is 4.55. The maximum Gasteiger partial charge on any atom is 0.303 e. The Labute approximate surface area is 206 Å². The zero-order valence-electron chi connectivity index (χ0n) is 19.4. The maximum atomic E-state index is 13.1. The highest BCUT2D eigenvalue weighted by Crippen LogP contribution is 2.38. The van der Waals surface area contributed by atoms with Crippen molar-refractivity contribution in [3.05, 3.63) is 64.7 Å². The van der Waals surface area contributed by atoms with Crippen molar-refractivity contribution in [1.82, 2.24) is 5.01 Å². The number of carboxylic acid groups (broad SMARTS) is 1. The molecule has 0 saturated carbocycles. The standard InChI is InChI=1S/C26H31N3O4.ClH/c1-2-26(27)22(16-24(30)31)15-21-14-20(10-11-23(21)33-26)25(32)19-8-6-18(7-9-19)17-28-29-12-4-3-5-13-29;/h6-11,14,17,22H,2-5,12-13,15-16,27H2,1H3,(H,30,31);1H. The Hall–Kier alpha value is -2.90. The minimum atomic E-state index is -1.03. The number of hydrogen-bond donors (Lipinski definition) is 2. The number of ether oxygens (including phenoxy) is 1. The van der Waals surface area contributed by atoms with E-state index in [0.29, 0.717) is 29.7 Å². The summed E-state index contributed by atoms with van der Waals surface area (Å²) >= 11 is 0. The SMILES string of the molecule is CCC1(N)Oc2ccc(C(=O)c3ccc(C=NN4CCCCC4)cc3)cc2CC1CC(=O)O.Cl. The minimum Gasteiger partial charge on any atom is -0.481 e. The Kier molecular flexibility index (Phi) is 8.33. The van der Waals surface area contributed by atoms with E-state index in [0.717, 1.165) is 24.2 Å². The fourth-order valence-electron chi connectivity index (χ4n) is 4.55. The summed E-state index contributed by atoms with van der Waals surface area (Å²) in [4.78, 5) is 24.4. The van der Waals surface area contributed by atoms with Crippen LogP contribution in [0.4, 0.5) is 0 Å². The van der Waals surface area contributed by atoms with Crippen LogP contribution in [-0.2, 0) is 11.2 Å². The van der Waals surface area contributed by atoms with Gasteiger partial charge < -0.3 is 9.84 Å². The molecule has 2 heterocycles. The number of carbonyl (C=O) groups excluding carboxylic acids is 1. The lowest BCUT2D eigenvalue weighted by Crippen LogP contribution is -2.55. The van der Waals surface area contributed by atoms with Crippen LogP contribution >= 0.6 is 12.4 Å². The molecule has 0 bridgehead atoms. The Morgan fingerprint density at radius 3 is 2.47 bits per heavy atom. The normalized spacial score (nSPS) is 21.9. The van der Waals surface area contributed by atoms with E-state index in [-0.39, 0.29) is 30.5 Å². The van der Waals surface area contributed by atoms with Crippen LogP contribution in [0.3, 0.4) is 0 Å². The summed E-state index contributed by atoms with van der Waals surface area (Å²) in [5.74, 6) is -0.753. The summed E-state index contributed by atoms with van der Waals surface area (Å²) in [6, 6.07) is 12.7. The molecule has 1 saturated heterocycles. The molecular formula is C26H32ClN3O4. The van der Waals surface area contributed by atoms with Crippen molar-refractivity contribution in [1.29, 1.82) is 0 Å². The van der Waals surface area contributed by atoms with Crippen LogP contribution in [0.25, 0.3) is 0 Å². The average molecular weight is 486 g/mol. The molecule has 0 aliphatic carbocycles. The van der Waals surface area contributed by atoms with Gasteiger partial charge in [0, 0.05) is 30.1 Å². The molecule has 0 spiro atoms. The number of hydrazone groups is 1. The van der Waals surface area contributed by atoms with E-state index in [2.05, 4.69) is 10.1 Å². The van der Waals surface area contributed by atoms with Crippen LogP contribution in [0.1, 0.15) is 66.1 Å². The summed E-state index contributed by atoms with van der Waals surface area (Å²) in [7, 11) is 0. The van der Waals surface area contributed by atoms with Crippen molar-refractivity contribution < 1.29 is 19.4 Å². The van der Waals surface area contributed by atoms with Gasteiger partial charge in [-0.3, -0.25) is 20.3 Å². The monoisotopic (exact) mass is 485 g/mol. The molecule has 2 aromatic carbocycles. The minimum absolute atomic E-state index is 0. The number of carbonyl (C=O) groups is 2. The second-order valence-electron chi connectivity index (χ2n) is 8.94. The van der Waals surface area contributed by atoms with Gasteiger partial charge in [0.1, 0.15) is 5.75 Å². The summed E-state index contributed by atoms with van der Waals surface area (Å²) in [6.07, 6.45) is 6.34. The van der Waals surface area contributed by atoms with Gasteiger partial charge in [-0.15, -0.1) is 12.4 Å². The first-order valence-electron chi connectivity index (χ1n) is 11.6. The van der Waals surface area contributed by atoms with Crippen molar-refractivity contribution in [2.24, 2.45) is 16.8 Å². The third kappa shape index (κ3) is 5.77. The molecule has 3 N–H and O–H groups in total. The predicted octanol–water partition coefficient (Wildman–Crippen LogP) is 4.25. The Bertz CT molecular complexity index is 1050. The number of nitrogens with two attached hydrogens (primary N) is 1. The maximum absolute atomic E-state index is 13.1. The van der Waals surface area contributed by atoms with Gasteiger partial charge in [-0.1, -0.05) is 31.2 Å². The molecule has 0 radical (unpaired) electrons. The van der Waals surface area contributed by atoms with Gasteiger partial charge in [0.2, 0.25) is 0 Å². The van der Waals surface area contributed by atoms with Gasteiger partial charge in [0.25, 0.3) is 0 Å². The Morgan fingerprint density at radius 2 is 1.82 bits per heavy atom. The van der Waals surface area contributed by atoms with Gasteiger partial charge in [-0.2, -0.15) is 5.10 Å². The lowest BCUT2D eigenvalue weighted by molar-refractivity contribution is -0.141. The first-order valence-corrected chi connectivity index (χ1v) is 11.6. The summed E-state index contributed by atoms with van der Waals surface area (Å²) in [5, 5.41) is 15.9. The van der Waals surface area contributed by atoms with Crippen LogP contribution in [0, 0.1) is 5.92 Å². The van der Waals surface area contributed by atoms with Crippen molar-refractivity contribution in [3.8, 4) is 5.75 Å². The van der Waals surface area contributed by atoms with Crippen LogP contribution in [-0.4, -0.2) is 46.9 Å². The molecule has 7 nitrogen and oxygen atoms in total. The number of rotatable bonds is 7. The largest absolute Gasteiger partial charge is 0.481 e. The Balaban J connectivity index is 0.00000324. The van der Waals surface area contributed by atoms with Gasteiger partial charge >= 0.3 is 5.97 Å². The van der Waals surface area contributed by atoms with Gasteiger partial charge in [-0.05, 0) is 61.4 Å². The highest BCUT2D eigenvalue weighted by atomic mass is 35.5. The highest BCUT2D eigenvalue weighted by molar-refractivity contribution is 6.09. The topological polar surface area (TPSA) is 105 Å². The molecule has 2 atom stereocenters. The molecule has 2 aliphatic rings. The van der Waals surface area contributed by atoms with E-state index in [1.807, 2.05) is 37.4 Å². The zero-order chi connectivity index (χ0) is 23.4. The van der Waals surface area contributed by atoms with Crippen molar-refractivity contribution in [2.75, 3.05) is 13.1 Å². The molecular weight excluding hydrogens is 454 g/mol. The molecule has 8 heteroatoms. The molecule has 4 rings (SSSR count). The van der Waals surface area contributed by atoms with Gasteiger partial charge in [-0.25, -0.2) is 0 Å². The van der Waals surface area contributed by atoms with Crippen LogP contribution in [0.5, 0.6) is 5.75 Å². The van der Waals surface area contributed by atoms with E-state index in [1.54, 1.807) is 18.2 Å². The number of hydrogen-bond acceptors (Lipinski definition) is 6. The first-order chi connectivity index (χ1) is 15.9. The summed E-state index contributed by atoms with van der Waals surface area (Å²) in [6.45, 7) is 3.87.